The SMILES string of the molecule is CC(C)(C)[C](N)=[V]. The van der Waals surface area contributed by atoms with Crippen LogP contribution in [0.2, 0.25) is 0 Å². The summed E-state index contributed by atoms with van der Waals surface area (Å²) in [6, 6.07) is 0. The Morgan fingerprint density at radius 3 is 1.57 bits per heavy atom. The molecule has 41 valence electrons. The van der Waals surface area contributed by atoms with Crippen LogP contribution in [0.1, 0.15) is 20.8 Å². The van der Waals surface area contributed by atoms with Crippen molar-refractivity contribution in [1.82, 2.24) is 0 Å². The van der Waals surface area contributed by atoms with E-state index in [-0.39, 0.29) is 5.41 Å². The monoisotopic (exact) mass is 136 g/mol. The molecule has 0 aromatic carbocycles. The van der Waals surface area contributed by atoms with Gasteiger partial charge in [-0.25, -0.2) is 0 Å². The zero-order chi connectivity index (χ0) is 6.08. The third-order valence-electron chi connectivity index (χ3n) is 0.768. The Morgan fingerprint density at radius 1 is 1.43 bits per heavy atom. The van der Waals surface area contributed by atoms with Crippen molar-refractivity contribution in [1.29, 1.82) is 0 Å². The van der Waals surface area contributed by atoms with E-state index in [1.165, 1.54) is 0 Å². The molecule has 2 N–H and O–H groups in total. The van der Waals surface area contributed by atoms with Crippen molar-refractivity contribution in [3.8, 4) is 0 Å². The molecule has 0 aliphatic rings. The van der Waals surface area contributed by atoms with Gasteiger partial charge in [0.15, 0.2) is 0 Å². The molecule has 0 radical (unpaired) electrons. The Morgan fingerprint density at radius 2 is 1.57 bits per heavy atom. The fourth-order valence-electron chi connectivity index (χ4n) is 0. The van der Waals surface area contributed by atoms with Gasteiger partial charge in [0, 0.05) is 0 Å². The van der Waals surface area contributed by atoms with Crippen LogP contribution in [0.25, 0.3) is 0 Å². The van der Waals surface area contributed by atoms with Gasteiger partial charge in [-0.15, -0.1) is 0 Å². The van der Waals surface area contributed by atoms with Crippen LogP contribution in [0.15, 0.2) is 0 Å². The predicted molar refractivity (Wildman–Crippen MR) is 28.6 cm³/mol. The maximum atomic E-state index is 5.46. The zero-order valence-corrected chi connectivity index (χ0v) is 6.42. The molecule has 0 aromatic heterocycles. The summed E-state index contributed by atoms with van der Waals surface area (Å²) in [4.78, 5) is 0. The molecule has 0 spiro atoms. The van der Waals surface area contributed by atoms with Crippen LogP contribution in [0.5, 0.6) is 0 Å². The molecule has 0 atom stereocenters. The van der Waals surface area contributed by atoms with Crippen LogP contribution in [-0.4, -0.2) is 4.35 Å². The summed E-state index contributed by atoms with van der Waals surface area (Å²) in [7, 11) is 0. The van der Waals surface area contributed by atoms with Crippen LogP contribution in [0.3, 0.4) is 0 Å². The second-order valence-corrected chi connectivity index (χ2v) is 3.39. The van der Waals surface area contributed by atoms with Crippen molar-refractivity contribution < 1.29 is 17.0 Å². The van der Waals surface area contributed by atoms with Crippen LogP contribution in [-0.2, 0) is 17.0 Å². The first-order valence-electron chi connectivity index (χ1n) is 2.26. The molecular weight excluding hydrogens is 125 g/mol. The molecule has 0 aliphatic carbocycles. The summed E-state index contributed by atoms with van der Waals surface area (Å²) in [6.45, 7) is 6.25. The van der Waals surface area contributed by atoms with Crippen molar-refractivity contribution in [3.63, 3.8) is 0 Å². The number of rotatable bonds is 0. The van der Waals surface area contributed by atoms with E-state index in [0.717, 1.165) is 4.35 Å². The van der Waals surface area contributed by atoms with Crippen molar-refractivity contribution in [2.75, 3.05) is 0 Å². The summed E-state index contributed by atoms with van der Waals surface area (Å²) < 4.78 is 0.931. The fraction of sp³-hybridized carbons (Fsp3) is 0.800. The number of nitrogens with two attached hydrogens (primary N) is 1. The van der Waals surface area contributed by atoms with Gasteiger partial charge in [-0.2, -0.15) is 0 Å². The molecule has 0 bridgehead atoms. The molecule has 7 heavy (non-hydrogen) atoms. The van der Waals surface area contributed by atoms with Gasteiger partial charge in [0.1, 0.15) is 0 Å². The number of hydrogen-bond acceptors (Lipinski definition) is 1. The number of hydrogen-bond donors (Lipinski definition) is 1. The molecular formula is C5H11NV. The summed E-state index contributed by atoms with van der Waals surface area (Å²) in [5, 5.41) is 0. The van der Waals surface area contributed by atoms with Gasteiger partial charge in [-0.1, -0.05) is 0 Å². The van der Waals surface area contributed by atoms with Crippen LogP contribution in [0, 0.1) is 5.41 Å². The van der Waals surface area contributed by atoms with Crippen molar-refractivity contribution in [2.24, 2.45) is 11.1 Å². The molecule has 0 saturated carbocycles. The average Bonchev–Trinajstić information content (AvgIpc) is 1.31. The minimum absolute atomic E-state index is 0.167. The molecule has 0 fully saturated rings. The van der Waals surface area contributed by atoms with E-state index in [4.69, 9.17) is 5.73 Å². The molecule has 0 heterocycles. The molecule has 1 nitrogen and oxygen atoms in total. The van der Waals surface area contributed by atoms with E-state index < -0.39 is 0 Å². The molecule has 0 aliphatic heterocycles. The first kappa shape index (κ1) is 7.41. The molecule has 0 saturated heterocycles. The Balaban J connectivity index is 3.79. The van der Waals surface area contributed by atoms with Gasteiger partial charge in [-0.3, -0.25) is 0 Å². The second-order valence-electron chi connectivity index (χ2n) is 2.64. The average molecular weight is 136 g/mol. The Kier molecular flexibility index (Phi) is 2.25. The van der Waals surface area contributed by atoms with Crippen LogP contribution < -0.4 is 5.73 Å². The molecule has 0 rings (SSSR count). The van der Waals surface area contributed by atoms with Crippen LogP contribution >= 0.6 is 0 Å². The summed E-state index contributed by atoms with van der Waals surface area (Å²) in [6.07, 6.45) is 0. The quantitative estimate of drug-likeness (QED) is 0.520. The summed E-state index contributed by atoms with van der Waals surface area (Å²) in [5.74, 6) is 0. The maximum absolute atomic E-state index is 5.46. The van der Waals surface area contributed by atoms with E-state index >= 15 is 0 Å². The second kappa shape index (κ2) is 2.12. The third-order valence-corrected chi connectivity index (χ3v) is 1.82. The van der Waals surface area contributed by atoms with Crippen LogP contribution in [0.4, 0.5) is 0 Å². The third kappa shape index (κ3) is 3.04. The Hall–Kier alpha value is 0.414. The van der Waals surface area contributed by atoms with Gasteiger partial charge in [0.05, 0.1) is 0 Å². The first-order valence-corrected chi connectivity index (χ1v) is 2.96. The molecule has 2 heteroatoms. The van der Waals surface area contributed by atoms with Gasteiger partial charge >= 0.3 is 53.2 Å². The Bertz CT molecular complexity index is 80.6. The molecule has 0 aromatic rings. The standard InChI is InChI=1S/C5H11N.V/c1-5(2,3)4-6;/h6H2,1-3H3;. The summed E-state index contributed by atoms with van der Waals surface area (Å²) >= 11 is 2.36. The van der Waals surface area contributed by atoms with Crippen molar-refractivity contribution >= 4 is 4.35 Å². The van der Waals surface area contributed by atoms with Gasteiger partial charge in [0.25, 0.3) is 0 Å². The topological polar surface area (TPSA) is 26.0 Å². The van der Waals surface area contributed by atoms with Gasteiger partial charge in [0.2, 0.25) is 0 Å². The van der Waals surface area contributed by atoms with E-state index in [2.05, 4.69) is 37.8 Å². The van der Waals surface area contributed by atoms with Gasteiger partial charge < -0.3 is 0 Å². The predicted octanol–water partition coefficient (Wildman–Crippen LogP) is 0.668. The van der Waals surface area contributed by atoms with E-state index in [1.54, 1.807) is 0 Å². The zero-order valence-electron chi connectivity index (χ0n) is 5.02. The van der Waals surface area contributed by atoms with E-state index in [0.29, 0.717) is 0 Å². The van der Waals surface area contributed by atoms with Crippen molar-refractivity contribution in [2.45, 2.75) is 20.8 Å². The molecule has 0 amide bonds. The van der Waals surface area contributed by atoms with Crippen molar-refractivity contribution in [3.05, 3.63) is 0 Å². The minimum atomic E-state index is 0.167. The first-order chi connectivity index (χ1) is 2.94. The Labute approximate surface area is 53.8 Å². The van der Waals surface area contributed by atoms with E-state index in [1.807, 2.05) is 0 Å². The van der Waals surface area contributed by atoms with Gasteiger partial charge in [-0.05, 0) is 0 Å². The summed E-state index contributed by atoms with van der Waals surface area (Å²) in [5.41, 5.74) is 5.62. The fourth-order valence-corrected chi connectivity index (χ4v) is 0. The molecule has 0 unspecified atom stereocenters. The normalized spacial score (nSPS) is 11.3. The van der Waals surface area contributed by atoms with E-state index in [9.17, 15) is 0 Å².